The van der Waals surface area contributed by atoms with Crippen molar-refractivity contribution < 1.29 is 19.5 Å². The van der Waals surface area contributed by atoms with Crippen molar-refractivity contribution in [3.63, 3.8) is 0 Å². The molecule has 0 unspecified atom stereocenters. The third-order valence-corrected chi connectivity index (χ3v) is 6.87. The van der Waals surface area contributed by atoms with Gasteiger partial charge in [0.05, 0.1) is 23.5 Å². The summed E-state index contributed by atoms with van der Waals surface area (Å²) in [5.41, 5.74) is 4.26. The van der Waals surface area contributed by atoms with Crippen LogP contribution in [0, 0.1) is 5.92 Å². The zero-order valence-corrected chi connectivity index (χ0v) is 21.8. The summed E-state index contributed by atoms with van der Waals surface area (Å²) in [6.07, 6.45) is 6.35. The van der Waals surface area contributed by atoms with E-state index < -0.39 is 23.4 Å². The van der Waals surface area contributed by atoms with Crippen LogP contribution in [0.25, 0.3) is 22.0 Å². The number of benzene rings is 1. The number of rotatable bonds is 8. The second-order valence-corrected chi connectivity index (χ2v) is 10.2. The normalized spacial score (nSPS) is 14.6. The molecular formula is C29H30N6O4. The zero-order chi connectivity index (χ0) is 27.5. The van der Waals surface area contributed by atoms with Gasteiger partial charge in [0.15, 0.2) is 5.69 Å². The molecule has 1 amide bonds. The van der Waals surface area contributed by atoms with E-state index >= 15 is 0 Å². The maximum Gasteiger partial charge on any atom is 0.276 e. The Bertz CT molecular complexity index is 1520. The Labute approximate surface area is 225 Å². The topological polar surface area (TPSA) is 141 Å². The lowest BCUT2D eigenvalue weighted by molar-refractivity contribution is -0.117. The lowest BCUT2D eigenvalue weighted by Crippen LogP contribution is -2.35. The number of fused-ring (bicyclic) bond motifs is 1. The lowest BCUT2D eigenvalue weighted by Gasteiger charge is -2.29. The van der Waals surface area contributed by atoms with Crippen molar-refractivity contribution in [3.8, 4) is 11.1 Å². The quantitative estimate of drug-likeness (QED) is 0.233. The van der Waals surface area contributed by atoms with E-state index in [1.54, 1.807) is 20.0 Å². The Morgan fingerprint density at radius 1 is 1.05 bits per heavy atom. The molecule has 1 aromatic carbocycles. The first-order valence-corrected chi connectivity index (χ1v) is 13.0. The molecule has 3 N–H and O–H groups in total. The third-order valence-electron chi connectivity index (χ3n) is 6.87. The maximum atomic E-state index is 13.1. The van der Waals surface area contributed by atoms with Crippen molar-refractivity contribution in [2.45, 2.75) is 39.3 Å². The van der Waals surface area contributed by atoms with E-state index in [9.17, 15) is 19.5 Å². The first-order valence-electron chi connectivity index (χ1n) is 13.0. The number of carbonyl (C=O) groups is 3. The molecule has 1 aliphatic heterocycles. The number of nitrogens with zero attached hydrogens (tertiary/aromatic N) is 4. The Balaban J connectivity index is 1.32. The first kappa shape index (κ1) is 26.3. The fourth-order valence-electron chi connectivity index (χ4n) is 4.62. The van der Waals surface area contributed by atoms with Gasteiger partial charge in [-0.15, -0.1) is 0 Å². The van der Waals surface area contributed by atoms with Gasteiger partial charge in [-0.1, -0.05) is 19.9 Å². The molecule has 0 spiro atoms. The van der Waals surface area contributed by atoms with Crippen LogP contribution in [0.2, 0.25) is 0 Å². The van der Waals surface area contributed by atoms with Crippen molar-refractivity contribution in [3.05, 3.63) is 71.9 Å². The molecule has 200 valence electrons. The average Bonchev–Trinajstić information content (AvgIpc) is 3.37. The van der Waals surface area contributed by atoms with Crippen molar-refractivity contribution in [2.24, 2.45) is 5.92 Å². The highest BCUT2D eigenvalue weighted by molar-refractivity contribution is 6.43. The summed E-state index contributed by atoms with van der Waals surface area (Å²) in [7, 11) is 0. The van der Waals surface area contributed by atoms with E-state index in [0.29, 0.717) is 16.6 Å². The molecule has 4 heterocycles. The van der Waals surface area contributed by atoms with Crippen molar-refractivity contribution in [2.75, 3.05) is 18.4 Å². The first-order chi connectivity index (χ1) is 18.8. The van der Waals surface area contributed by atoms with Gasteiger partial charge in [-0.2, -0.15) is 5.10 Å². The molecule has 0 saturated carbocycles. The van der Waals surface area contributed by atoms with E-state index in [2.05, 4.69) is 36.4 Å². The average molecular weight is 527 g/mol. The SMILES string of the molecule is CC(C)C(=O)C(=O)c1ccc(NC(=O)c2n[nH]c3ccc(-c4cncc(CN5CCC(O)CC5)c4)cc23)cn1. The minimum Gasteiger partial charge on any atom is -0.393 e. The van der Waals surface area contributed by atoms with Crippen LogP contribution in [0.3, 0.4) is 0 Å². The summed E-state index contributed by atoms with van der Waals surface area (Å²) in [6.45, 7) is 5.79. The molecule has 0 atom stereocenters. The molecule has 10 heteroatoms. The number of hydrogen-bond acceptors (Lipinski definition) is 8. The molecule has 4 aromatic rings. The molecule has 3 aromatic heterocycles. The monoisotopic (exact) mass is 526 g/mol. The highest BCUT2D eigenvalue weighted by Crippen LogP contribution is 2.27. The van der Waals surface area contributed by atoms with E-state index in [4.69, 9.17) is 0 Å². The number of aromatic nitrogens is 4. The largest absolute Gasteiger partial charge is 0.393 e. The van der Waals surface area contributed by atoms with Gasteiger partial charge in [0.25, 0.3) is 5.91 Å². The summed E-state index contributed by atoms with van der Waals surface area (Å²) < 4.78 is 0. The number of Topliss-reactive ketones (excluding diaryl/α,β-unsaturated/α-hetero) is 2. The third kappa shape index (κ3) is 5.92. The number of pyridine rings is 2. The minimum absolute atomic E-state index is 0.0373. The molecule has 10 nitrogen and oxygen atoms in total. The molecular weight excluding hydrogens is 496 g/mol. The van der Waals surface area contributed by atoms with Crippen molar-refractivity contribution in [1.29, 1.82) is 0 Å². The standard InChI is InChI=1S/C29H30N6O4/c1-17(2)27(37)28(38)25-6-4-21(15-31-25)32-29(39)26-23-12-19(3-5-24(23)33-34-26)20-11-18(13-30-14-20)16-35-9-7-22(36)8-10-35/h3-6,11-15,17,22,36H,7-10,16H2,1-2H3,(H,32,39)(H,33,34). The number of nitrogens with one attached hydrogen (secondary N) is 2. The molecule has 0 aliphatic carbocycles. The Morgan fingerprint density at radius 3 is 2.56 bits per heavy atom. The minimum atomic E-state index is -0.651. The zero-order valence-electron chi connectivity index (χ0n) is 21.8. The van der Waals surface area contributed by atoms with Crippen LogP contribution in [0.5, 0.6) is 0 Å². The summed E-state index contributed by atoms with van der Waals surface area (Å²) in [4.78, 5) is 48.0. The van der Waals surface area contributed by atoms with E-state index in [1.165, 1.54) is 18.3 Å². The van der Waals surface area contributed by atoms with Crippen molar-refractivity contribution >= 4 is 34.1 Å². The number of aliphatic hydroxyl groups is 1. The van der Waals surface area contributed by atoms with Crippen LogP contribution < -0.4 is 5.32 Å². The van der Waals surface area contributed by atoms with Gasteiger partial charge in [0.1, 0.15) is 5.69 Å². The number of hydrogen-bond donors (Lipinski definition) is 3. The van der Waals surface area contributed by atoms with E-state index in [0.717, 1.165) is 49.2 Å². The van der Waals surface area contributed by atoms with Crippen LogP contribution in [0.4, 0.5) is 5.69 Å². The summed E-state index contributed by atoms with van der Waals surface area (Å²) in [6, 6.07) is 10.8. The second kappa shape index (κ2) is 11.2. The predicted octanol–water partition coefficient (Wildman–Crippen LogP) is 3.64. The molecule has 5 rings (SSSR count). The van der Waals surface area contributed by atoms with Crippen LogP contribution in [0.15, 0.2) is 55.0 Å². The number of aromatic amines is 1. The van der Waals surface area contributed by atoms with Gasteiger partial charge in [0, 0.05) is 48.9 Å². The van der Waals surface area contributed by atoms with E-state index in [1.807, 2.05) is 24.4 Å². The number of piperidine rings is 1. The molecule has 1 aliphatic rings. The Hall–Kier alpha value is -4.28. The molecule has 1 saturated heterocycles. The Morgan fingerprint density at radius 2 is 1.85 bits per heavy atom. The van der Waals surface area contributed by atoms with Gasteiger partial charge in [-0.3, -0.25) is 34.4 Å². The molecule has 0 bridgehead atoms. The highest BCUT2D eigenvalue weighted by atomic mass is 16.3. The smallest absolute Gasteiger partial charge is 0.276 e. The predicted molar refractivity (Wildman–Crippen MR) is 146 cm³/mol. The fourth-order valence-corrected chi connectivity index (χ4v) is 4.62. The van der Waals surface area contributed by atoms with Crippen LogP contribution in [-0.4, -0.2) is 66.8 Å². The van der Waals surface area contributed by atoms with Crippen LogP contribution in [0.1, 0.15) is 53.2 Å². The molecule has 1 fully saturated rings. The van der Waals surface area contributed by atoms with Crippen LogP contribution in [-0.2, 0) is 11.3 Å². The summed E-state index contributed by atoms with van der Waals surface area (Å²) in [5, 5.41) is 20.3. The summed E-state index contributed by atoms with van der Waals surface area (Å²) >= 11 is 0. The number of likely N-dealkylation sites (tertiary alicyclic amines) is 1. The Kier molecular flexibility index (Phi) is 7.58. The fraction of sp³-hybridized carbons (Fsp3) is 0.310. The number of aliphatic hydroxyl groups excluding tert-OH is 1. The van der Waals surface area contributed by atoms with Gasteiger partial charge < -0.3 is 10.4 Å². The lowest BCUT2D eigenvalue weighted by atomic mass is 10.0. The van der Waals surface area contributed by atoms with Gasteiger partial charge in [-0.25, -0.2) is 0 Å². The molecule has 0 radical (unpaired) electrons. The van der Waals surface area contributed by atoms with Gasteiger partial charge >= 0.3 is 0 Å². The van der Waals surface area contributed by atoms with Crippen LogP contribution >= 0.6 is 0 Å². The highest BCUT2D eigenvalue weighted by Gasteiger charge is 2.21. The summed E-state index contributed by atoms with van der Waals surface area (Å²) in [5.74, 6) is -2.01. The van der Waals surface area contributed by atoms with E-state index in [-0.39, 0.29) is 17.5 Å². The molecule has 39 heavy (non-hydrogen) atoms. The number of anilines is 1. The number of ketones is 2. The number of H-pyrrole nitrogens is 1. The van der Waals surface area contributed by atoms with Gasteiger partial charge in [-0.05, 0) is 54.3 Å². The number of amides is 1. The van der Waals surface area contributed by atoms with Gasteiger partial charge in [0.2, 0.25) is 11.6 Å². The maximum absolute atomic E-state index is 13.1. The number of carbonyl (C=O) groups excluding carboxylic acids is 3. The van der Waals surface area contributed by atoms with Crippen molar-refractivity contribution in [1.82, 2.24) is 25.1 Å². The second-order valence-electron chi connectivity index (χ2n) is 10.2.